The Hall–Kier alpha value is -1.43. The van der Waals surface area contributed by atoms with Crippen LogP contribution in [0.25, 0.3) is 11.4 Å². The van der Waals surface area contributed by atoms with Gasteiger partial charge in [-0.05, 0) is 31.5 Å². The van der Waals surface area contributed by atoms with Crippen LogP contribution in [-0.4, -0.2) is 34.2 Å². The summed E-state index contributed by atoms with van der Waals surface area (Å²) in [6.45, 7) is 2.57. The second-order valence-corrected chi connectivity index (χ2v) is 5.60. The van der Waals surface area contributed by atoms with Crippen LogP contribution in [0.15, 0.2) is 28.8 Å². The normalized spacial score (nSPS) is 20.2. The maximum Gasteiger partial charge on any atom is 0.241 e. The number of hydrogen-bond acceptors (Lipinski definition) is 5. The molecule has 3 rings (SSSR count). The number of nitrogens with zero attached hydrogens (tertiary/aromatic N) is 3. The predicted octanol–water partition coefficient (Wildman–Crippen LogP) is 2.31. The smallest absolute Gasteiger partial charge is 0.241 e. The van der Waals surface area contributed by atoms with Crippen molar-refractivity contribution in [1.29, 1.82) is 0 Å². The standard InChI is InChI=1S/C14H17ClN4O/c15-11-4-1-3-10(7-11)14-17-13(20-18-14)9-19-6-2-5-12(16)8-19/h1,3-4,7,12H,2,5-6,8-9,16H2/t12-/m1/s1. The van der Waals surface area contributed by atoms with E-state index < -0.39 is 0 Å². The number of aromatic nitrogens is 2. The molecule has 1 atom stereocenters. The van der Waals surface area contributed by atoms with Gasteiger partial charge in [-0.3, -0.25) is 4.90 Å². The van der Waals surface area contributed by atoms with Crippen LogP contribution < -0.4 is 5.73 Å². The van der Waals surface area contributed by atoms with Gasteiger partial charge in [0.2, 0.25) is 11.7 Å². The first-order valence-electron chi connectivity index (χ1n) is 6.77. The van der Waals surface area contributed by atoms with Crippen molar-refractivity contribution in [2.75, 3.05) is 13.1 Å². The molecule has 1 saturated heterocycles. The first-order valence-corrected chi connectivity index (χ1v) is 7.15. The van der Waals surface area contributed by atoms with E-state index in [0.29, 0.717) is 23.3 Å². The van der Waals surface area contributed by atoms with Crippen LogP contribution in [0.3, 0.4) is 0 Å². The van der Waals surface area contributed by atoms with Gasteiger partial charge in [0.1, 0.15) is 0 Å². The molecule has 0 amide bonds. The van der Waals surface area contributed by atoms with E-state index in [9.17, 15) is 0 Å². The van der Waals surface area contributed by atoms with E-state index >= 15 is 0 Å². The lowest BCUT2D eigenvalue weighted by Gasteiger charge is -2.29. The zero-order valence-corrected chi connectivity index (χ0v) is 11.9. The first-order chi connectivity index (χ1) is 9.70. The van der Waals surface area contributed by atoms with Crippen LogP contribution in [0.2, 0.25) is 5.02 Å². The van der Waals surface area contributed by atoms with E-state index in [1.165, 1.54) is 0 Å². The molecule has 106 valence electrons. The topological polar surface area (TPSA) is 68.2 Å². The molecule has 0 spiro atoms. The highest BCUT2D eigenvalue weighted by Crippen LogP contribution is 2.20. The van der Waals surface area contributed by atoms with Crippen LogP contribution in [0.1, 0.15) is 18.7 Å². The Labute approximate surface area is 122 Å². The summed E-state index contributed by atoms with van der Waals surface area (Å²) >= 11 is 5.96. The Morgan fingerprint density at radius 1 is 1.45 bits per heavy atom. The van der Waals surface area contributed by atoms with E-state index in [4.69, 9.17) is 21.9 Å². The minimum Gasteiger partial charge on any atom is -0.338 e. The van der Waals surface area contributed by atoms with Gasteiger partial charge >= 0.3 is 0 Å². The highest BCUT2D eigenvalue weighted by atomic mass is 35.5. The van der Waals surface area contributed by atoms with Crippen molar-refractivity contribution in [3.63, 3.8) is 0 Å². The number of likely N-dealkylation sites (tertiary alicyclic amines) is 1. The van der Waals surface area contributed by atoms with Crippen LogP contribution in [-0.2, 0) is 6.54 Å². The Kier molecular flexibility index (Phi) is 4.00. The molecule has 2 heterocycles. The number of nitrogens with two attached hydrogens (primary N) is 1. The van der Waals surface area contributed by atoms with Crippen molar-refractivity contribution in [3.8, 4) is 11.4 Å². The van der Waals surface area contributed by atoms with E-state index in [-0.39, 0.29) is 6.04 Å². The summed E-state index contributed by atoms with van der Waals surface area (Å²) in [5.74, 6) is 1.19. The fourth-order valence-corrected chi connectivity index (χ4v) is 2.68. The van der Waals surface area contributed by atoms with Crippen molar-refractivity contribution < 1.29 is 4.52 Å². The summed E-state index contributed by atoms with van der Waals surface area (Å²) in [6, 6.07) is 7.68. The molecule has 1 aromatic carbocycles. The van der Waals surface area contributed by atoms with Gasteiger partial charge < -0.3 is 10.3 Å². The van der Waals surface area contributed by atoms with Crippen molar-refractivity contribution in [2.24, 2.45) is 5.73 Å². The molecule has 0 bridgehead atoms. The molecule has 1 aromatic heterocycles. The monoisotopic (exact) mass is 292 g/mol. The molecule has 0 unspecified atom stereocenters. The quantitative estimate of drug-likeness (QED) is 0.940. The molecular weight excluding hydrogens is 276 g/mol. The average molecular weight is 293 g/mol. The molecule has 1 aliphatic rings. The summed E-state index contributed by atoms with van der Waals surface area (Å²) < 4.78 is 5.31. The Bertz CT molecular complexity index is 586. The number of benzene rings is 1. The van der Waals surface area contributed by atoms with E-state index in [1.807, 2.05) is 24.3 Å². The third-order valence-electron chi connectivity index (χ3n) is 3.45. The molecule has 0 radical (unpaired) electrons. The number of piperidine rings is 1. The highest BCUT2D eigenvalue weighted by molar-refractivity contribution is 6.30. The summed E-state index contributed by atoms with van der Waals surface area (Å²) in [6.07, 6.45) is 2.21. The van der Waals surface area contributed by atoms with Crippen LogP contribution in [0.4, 0.5) is 0 Å². The van der Waals surface area contributed by atoms with Gasteiger partial charge in [0.25, 0.3) is 0 Å². The third kappa shape index (κ3) is 3.17. The molecule has 2 aromatic rings. The molecule has 20 heavy (non-hydrogen) atoms. The zero-order valence-electron chi connectivity index (χ0n) is 11.1. The molecule has 1 fully saturated rings. The fourth-order valence-electron chi connectivity index (χ4n) is 2.49. The minimum absolute atomic E-state index is 0.249. The minimum atomic E-state index is 0.249. The van der Waals surface area contributed by atoms with Crippen LogP contribution in [0.5, 0.6) is 0 Å². The van der Waals surface area contributed by atoms with Gasteiger partial charge in [0.05, 0.1) is 6.54 Å². The van der Waals surface area contributed by atoms with Gasteiger partial charge in [0, 0.05) is 23.2 Å². The van der Waals surface area contributed by atoms with Crippen LogP contribution in [0, 0.1) is 0 Å². The highest BCUT2D eigenvalue weighted by Gasteiger charge is 2.19. The average Bonchev–Trinajstić information content (AvgIpc) is 2.87. The Morgan fingerprint density at radius 2 is 2.35 bits per heavy atom. The van der Waals surface area contributed by atoms with Crippen molar-refractivity contribution in [1.82, 2.24) is 15.0 Å². The van der Waals surface area contributed by atoms with E-state index in [0.717, 1.165) is 31.5 Å². The third-order valence-corrected chi connectivity index (χ3v) is 3.69. The maximum atomic E-state index is 5.97. The lowest BCUT2D eigenvalue weighted by atomic mass is 10.1. The fraction of sp³-hybridized carbons (Fsp3) is 0.429. The zero-order chi connectivity index (χ0) is 13.9. The van der Waals surface area contributed by atoms with Gasteiger partial charge in [-0.15, -0.1) is 0 Å². The van der Waals surface area contributed by atoms with Crippen molar-refractivity contribution >= 4 is 11.6 Å². The molecule has 1 aliphatic heterocycles. The molecule has 2 N–H and O–H groups in total. The number of halogens is 1. The summed E-state index contributed by atoms with van der Waals surface area (Å²) in [5, 5.41) is 4.67. The predicted molar refractivity (Wildman–Crippen MR) is 77.2 cm³/mol. The summed E-state index contributed by atoms with van der Waals surface area (Å²) in [7, 11) is 0. The summed E-state index contributed by atoms with van der Waals surface area (Å²) in [4.78, 5) is 6.68. The largest absolute Gasteiger partial charge is 0.338 e. The number of hydrogen-bond donors (Lipinski definition) is 1. The van der Waals surface area contributed by atoms with E-state index in [1.54, 1.807) is 0 Å². The second kappa shape index (κ2) is 5.91. The molecule has 0 aliphatic carbocycles. The molecule has 6 heteroatoms. The lowest BCUT2D eigenvalue weighted by Crippen LogP contribution is -2.42. The second-order valence-electron chi connectivity index (χ2n) is 5.16. The first kappa shape index (κ1) is 13.5. The van der Waals surface area contributed by atoms with E-state index in [2.05, 4.69) is 15.0 Å². The lowest BCUT2D eigenvalue weighted by molar-refractivity contribution is 0.178. The van der Waals surface area contributed by atoms with Crippen LogP contribution >= 0.6 is 11.6 Å². The van der Waals surface area contributed by atoms with Gasteiger partial charge in [-0.1, -0.05) is 28.9 Å². The van der Waals surface area contributed by atoms with Gasteiger partial charge in [-0.25, -0.2) is 0 Å². The molecule has 5 nitrogen and oxygen atoms in total. The maximum absolute atomic E-state index is 5.97. The SMILES string of the molecule is N[C@@H]1CCCN(Cc2nc(-c3cccc(Cl)c3)no2)C1. The Balaban J connectivity index is 1.70. The van der Waals surface area contributed by atoms with Crippen molar-refractivity contribution in [3.05, 3.63) is 35.2 Å². The summed E-state index contributed by atoms with van der Waals surface area (Å²) in [5.41, 5.74) is 6.83. The molecule has 0 saturated carbocycles. The van der Waals surface area contributed by atoms with Gasteiger partial charge in [0.15, 0.2) is 0 Å². The van der Waals surface area contributed by atoms with Crippen molar-refractivity contribution in [2.45, 2.75) is 25.4 Å². The van der Waals surface area contributed by atoms with Gasteiger partial charge in [-0.2, -0.15) is 4.98 Å². The number of rotatable bonds is 3. The molecular formula is C14H17ClN4O. The Morgan fingerprint density at radius 3 is 3.15 bits per heavy atom.